The molecular formula is C16H22N4O2S2. The second-order valence-corrected chi connectivity index (χ2v) is 7.66. The molecule has 0 bridgehead atoms. The highest BCUT2D eigenvalue weighted by molar-refractivity contribution is 8.00. The van der Waals surface area contributed by atoms with Gasteiger partial charge in [0.1, 0.15) is 5.01 Å². The Morgan fingerprint density at radius 1 is 1.38 bits per heavy atom. The van der Waals surface area contributed by atoms with E-state index in [1.54, 1.807) is 29.5 Å². The molecule has 2 aromatic heterocycles. The van der Waals surface area contributed by atoms with E-state index in [0.717, 1.165) is 16.4 Å². The summed E-state index contributed by atoms with van der Waals surface area (Å²) in [7, 11) is 1.63. The Morgan fingerprint density at radius 2 is 2.08 bits per heavy atom. The lowest BCUT2D eigenvalue weighted by molar-refractivity contribution is -0.131. The molecule has 0 N–H and O–H groups in total. The summed E-state index contributed by atoms with van der Waals surface area (Å²) in [6.45, 7) is 7.27. The average Bonchev–Trinajstić information content (AvgIpc) is 3.02. The molecule has 2 heterocycles. The van der Waals surface area contributed by atoms with Gasteiger partial charge in [0.2, 0.25) is 5.91 Å². The Labute approximate surface area is 150 Å². The van der Waals surface area contributed by atoms with E-state index < -0.39 is 0 Å². The zero-order chi connectivity index (χ0) is 17.5. The SMILES string of the molecule is COCCN(Cc1nccs1)C(=O)[C@H](C)Sc1nc(C)cc(C)n1. The fraction of sp³-hybridized carbons (Fsp3) is 0.500. The zero-order valence-electron chi connectivity index (χ0n) is 14.4. The van der Waals surface area contributed by atoms with Gasteiger partial charge in [-0.15, -0.1) is 11.3 Å². The number of ether oxygens (including phenoxy) is 1. The normalized spacial score (nSPS) is 12.2. The van der Waals surface area contributed by atoms with Crippen LogP contribution in [0.15, 0.2) is 22.8 Å². The Hall–Kier alpha value is -1.51. The molecule has 130 valence electrons. The number of nitrogens with zero attached hydrogens (tertiary/aromatic N) is 4. The number of aryl methyl sites for hydroxylation is 2. The van der Waals surface area contributed by atoms with E-state index in [4.69, 9.17) is 4.74 Å². The van der Waals surface area contributed by atoms with Gasteiger partial charge < -0.3 is 9.64 Å². The second kappa shape index (κ2) is 9.10. The highest BCUT2D eigenvalue weighted by Gasteiger charge is 2.23. The maximum atomic E-state index is 12.8. The maximum Gasteiger partial charge on any atom is 0.236 e. The van der Waals surface area contributed by atoms with Crippen LogP contribution in [-0.4, -0.2) is 51.3 Å². The first-order valence-electron chi connectivity index (χ1n) is 7.64. The van der Waals surface area contributed by atoms with Crippen molar-refractivity contribution in [1.82, 2.24) is 19.9 Å². The molecule has 8 heteroatoms. The Morgan fingerprint density at radius 3 is 2.67 bits per heavy atom. The fourth-order valence-electron chi connectivity index (χ4n) is 2.17. The standard InChI is InChI=1S/C16H22N4O2S2/c1-11-9-12(2)19-16(18-11)24-13(3)15(21)20(6-7-22-4)10-14-17-5-8-23-14/h5,8-9,13H,6-7,10H2,1-4H3/t13-/m0/s1. The van der Waals surface area contributed by atoms with Crippen LogP contribution in [0.4, 0.5) is 0 Å². The molecule has 0 fully saturated rings. The molecule has 0 aliphatic heterocycles. The summed E-state index contributed by atoms with van der Waals surface area (Å²) in [6, 6.07) is 1.92. The summed E-state index contributed by atoms with van der Waals surface area (Å²) < 4.78 is 5.13. The number of amides is 1. The number of hydrogen-bond donors (Lipinski definition) is 0. The van der Waals surface area contributed by atoms with Crippen molar-refractivity contribution in [3.63, 3.8) is 0 Å². The van der Waals surface area contributed by atoms with E-state index in [-0.39, 0.29) is 11.2 Å². The highest BCUT2D eigenvalue weighted by Crippen LogP contribution is 2.22. The Balaban J connectivity index is 2.06. The van der Waals surface area contributed by atoms with Crippen molar-refractivity contribution in [2.24, 2.45) is 0 Å². The number of thioether (sulfide) groups is 1. The van der Waals surface area contributed by atoms with Gasteiger partial charge in [-0.25, -0.2) is 15.0 Å². The van der Waals surface area contributed by atoms with Crippen molar-refractivity contribution < 1.29 is 9.53 Å². The summed E-state index contributed by atoms with van der Waals surface area (Å²) in [5.74, 6) is 0.0370. The third-order valence-corrected chi connectivity index (χ3v) is 4.99. The van der Waals surface area contributed by atoms with Crippen LogP contribution >= 0.6 is 23.1 Å². The van der Waals surface area contributed by atoms with Crippen LogP contribution in [0.1, 0.15) is 23.3 Å². The van der Waals surface area contributed by atoms with Gasteiger partial charge in [-0.1, -0.05) is 11.8 Å². The van der Waals surface area contributed by atoms with E-state index in [0.29, 0.717) is 24.9 Å². The summed E-state index contributed by atoms with van der Waals surface area (Å²) >= 11 is 2.93. The minimum atomic E-state index is -0.275. The molecule has 2 aromatic rings. The van der Waals surface area contributed by atoms with Gasteiger partial charge >= 0.3 is 0 Å². The number of thiazole rings is 1. The number of carbonyl (C=O) groups is 1. The smallest absolute Gasteiger partial charge is 0.236 e. The maximum absolute atomic E-state index is 12.8. The molecule has 0 spiro atoms. The van der Waals surface area contributed by atoms with Crippen molar-refractivity contribution in [3.05, 3.63) is 34.0 Å². The van der Waals surface area contributed by atoms with Crippen molar-refractivity contribution in [1.29, 1.82) is 0 Å². The number of hydrogen-bond acceptors (Lipinski definition) is 7. The van der Waals surface area contributed by atoms with Gasteiger partial charge in [0.05, 0.1) is 18.4 Å². The van der Waals surface area contributed by atoms with Gasteiger partial charge in [-0.05, 0) is 26.8 Å². The lowest BCUT2D eigenvalue weighted by Crippen LogP contribution is -2.38. The third-order valence-electron chi connectivity index (χ3n) is 3.28. The first-order valence-corrected chi connectivity index (χ1v) is 9.40. The van der Waals surface area contributed by atoms with E-state index in [9.17, 15) is 4.79 Å². The molecule has 1 atom stereocenters. The van der Waals surface area contributed by atoms with E-state index in [2.05, 4.69) is 15.0 Å². The molecule has 0 saturated heterocycles. The number of aromatic nitrogens is 3. The quantitative estimate of drug-likeness (QED) is 0.528. The van der Waals surface area contributed by atoms with Gasteiger partial charge in [0, 0.05) is 36.6 Å². The largest absolute Gasteiger partial charge is 0.383 e. The highest BCUT2D eigenvalue weighted by atomic mass is 32.2. The van der Waals surface area contributed by atoms with Crippen molar-refractivity contribution in [2.45, 2.75) is 37.7 Å². The Kier molecular flexibility index (Phi) is 7.14. The summed E-state index contributed by atoms with van der Waals surface area (Å²) in [6.07, 6.45) is 1.75. The van der Waals surface area contributed by atoms with Gasteiger partial charge in [0.15, 0.2) is 5.16 Å². The van der Waals surface area contributed by atoms with Crippen molar-refractivity contribution in [2.75, 3.05) is 20.3 Å². The fourth-order valence-corrected chi connectivity index (χ4v) is 3.77. The summed E-state index contributed by atoms with van der Waals surface area (Å²) in [5, 5.41) is 3.19. The average molecular weight is 367 g/mol. The molecular weight excluding hydrogens is 344 g/mol. The van der Waals surface area contributed by atoms with Crippen LogP contribution in [0.5, 0.6) is 0 Å². The third kappa shape index (κ3) is 5.54. The molecule has 0 aromatic carbocycles. The summed E-state index contributed by atoms with van der Waals surface area (Å²) in [4.78, 5) is 27.7. The molecule has 0 aliphatic carbocycles. The predicted molar refractivity (Wildman–Crippen MR) is 96.2 cm³/mol. The second-order valence-electron chi connectivity index (χ2n) is 5.37. The zero-order valence-corrected chi connectivity index (χ0v) is 16.0. The molecule has 0 saturated carbocycles. The lowest BCUT2D eigenvalue weighted by atomic mass is 10.3. The monoisotopic (exact) mass is 366 g/mol. The number of carbonyl (C=O) groups excluding carboxylic acids is 1. The van der Waals surface area contributed by atoms with Crippen LogP contribution in [-0.2, 0) is 16.1 Å². The first-order chi connectivity index (χ1) is 11.5. The minimum Gasteiger partial charge on any atom is -0.383 e. The van der Waals surface area contributed by atoms with Crippen LogP contribution < -0.4 is 0 Å². The molecule has 0 radical (unpaired) electrons. The molecule has 2 rings (SSSR count). The van der Waals surface area contributed by atoms with Crippen molar-refractivity contribution in [3.8, 4) is 0 Å². The first kappa shape index (κ1) is 18.8. The van der Waals surface area contributed by atoms with Crippen LogP contribution in [0.3, 0.4) is 0 Å². The van der Waals surface area contributed by atoms with Gasteiger partial charge in [-0.2, -0.15) is 0 Å². The number of rotatable bonds is 8. The van der Waals surface area contributed by atoms with Crippen LogP contribution in [0.2, 0.25) is 0 Å². The topological polar surface area (TPSA) is 68.2 Å². The van der Waals surface area contributed by atoms with Crippen LogP contribution in [0.25, 0.3) is 0 Å². The van der Waals surface area contributed by atoms with Crippen LogP contribution in [0, 0.1) is 13.8 Å². The van der Waals surface area contributed by atoms with E-state index >= 15 is 0 Å². The van der Waals surface area contributed by atoms with E-state index in [1.165, 1.54) is 11.8 Å². The van der Waals surface area contributed by atoms with E-state index in [1.807, 2.05) is 32.2 Å². The van der Waals surface area contributed by atoms with Gasteiger partial charge in [-0.3, -0.25) is 4.79 Å². The summed E-state index contributed by atoms with van der Waals surface area (Å²) in [5.41, 5.74) is 1.81. The molecule has 24 heavy (non-hydrogen) atoms. The molecule has 6 nitrogen and oxygen atoms in total. The molecule has 0 unspecified atom stereocenters. The van der Waals surface area contributed by atoms with Gasteiger partial charge in [0.25, 0.3) is 0 Å². The lowest BCUT2D eigenvalue weighted by Gasteiger charge is -2.24. The molecule has 1 amide bonds. The number of methoxy groups -OCH3 is 1. The minimum absolute atomic E-state index is 0.0370. The van der Waals surface area contributed by atoms with Crippen molar-refractivity contribution >= 4 is 29.0 Å². The molecule has 0 aliphatic rings. The Bertz CT molecular complexity index is 644. The predicted octanol–water partition coefficient (Wildman–Crippen LogP) is 2.71.